The van der Waals surface area contributed by atoms with Gasteiger partial charge in [-0.05, 0) is 45.5 Å². The SMILES string of the molecule is CN1CC(=O)NC[C@@H]1c1ccc(NC(=O)OC(C)(C)C)cc1. The summed E-state index contributed by atoms with van der Waals surface area (Å²) in [6.45, 7) is 6.45. The van der Waals surface area contributed by atoms with Crippen LogP contribution in [0, 0.1) is 0 Å². The summed E-state index contributed by atoms with van der Waals surface area (Å²) in [6, 6.07) is 7.72. The van der Waals surface area contributed by atoms with Crippen LogP contribution in [0.1, 0.15) is 32.4 Å². The zero-order valence-corrected chi connectivity index (χ0v) is 13.5. The molecule has 1 aliphatic heterocycles. The Bertz CT molecular complexity index is 549. The molecule has 22 heavy (non-hydrogen) atoms. The molecule has 1 atom stereocenters. The third kappa shape index (κ3) is 4.46. The molecule has 1 aromatic carbocycles. The van der Waals surface area contributed by atoms with Gasteiger partial charge in [-0.3, -0.25) is 15.0 Å². The highest BCUT2D eigenvalue weighted by Gasteiger charge is 2.24. The molecule has 1 aliphatic rings. The fourth-order valence-corrected chi connectivity index (χ4v) is 2.34. The number of nitrogens with zero attached hydrogens (tertiary/aromatic N) is 1. The summed E-state index contributed by atoms with van der Waals surface area (Å²) in [4.78, 5) is 25.0. The van der Waals surface area contributed by atoms with E-state index in [0.717, 1.165) is 5.56 Å². The molecule has 1 saturated heterocycles. The van der Waals surface area contributed by atoms with Crippen LogP contribution in [0.2, 0.25) is 0 Å². The van der Waals surface area contributed by atoms with Crippen molar-refractivity contribution in [2.45, 2.75) is 32.4 Å². The highest BCUT2D eigenvalue weighted by molar-refractivity contribution is 5.84. The molecule has 0 spiro atoms. The number of piperazine rings is 1. The second-order valence-electron chi connectivity index (χ2n) is 6.48. The van der Waals surface area contributed by atoms with Crippen LogP contribution in [-0.2, 0) is 9.53 Å². The van der Waals surface area contributed by atoms with Crippen molar-refractivity contribution in [1.29, 1.82) is 0 Å². The van der Waals surface area contributed by atoms with E-state index >= 15 is 0 Å². The van der Waals surface area contributed by atoms with Gasteiger partial charge in [0.05, 0.1) is 12.6 Å². The summed E-state index contributed by atoms with van der Waals surface area (Å²) in [5.41, 5.74) is 1.25. The van der Waals surface area contributed by atoms with Crippen molar-refractivity contribution in [3.8, 4) is 0 Å². The molecule has 1 aromatic rings. The molecule has 1 heterocycles. The van der Waals surface area contributed by atoms with E-state index in [9.17, 15) is 9.59 Å². The van der Waals surface area contributed by atoms with Crippen LogP contribution in [0.25, 0.3) is 0 Å². The van der Waals surface area contributed by atoms with E-state index in [1.165, 1.54) is 0 Å². The minimum absolute atomic E-state index is 0.0435. The number of benzene rings is 1. The van der Waals surface area contributed by atoms with Crippen molar-refractivity contribution in [3.63, 3.8) is 0 Å². The molecule has 2 rings (SSSR count). The maximum absolute atomic E-state index is 11.7. The van der Waals surface area contributed by atoms with Crippen LogP contribution in [0.15, 0.2) is 24.3 Å². The Balaban J connectivity index is 1.98. The molecule has 6 heteroatoms. The smallest absolute Gasteiger partial charge is 0.412 e. The van der Waals surface area contributed by atoms with Crippen LogP contribution in [-0.4, -0.2) is 42.6 Å². The Labute approximate surface area is 130 Å². The predicted molar refractivity (Wildman–Crippen MR) is 84.7 cm³/mol. The lowest BCUT2D eigenvalue weighted by Gasteiger charge is -2.32. The van der Waals surface area contributed by atoms with E-state index in [0.29, 0.717) is 18.8 Å². The van der Waals surface area contributed by atoms with E-state index in [4.69, 9.17) is 4.74 Å². The van der Waals surface area contributed by atoms with Gasteiger partial charge in [-0.25, -0.2) is 4.79 Å². The maximum Gasteiger partial charge on any atom is 0.412 e. The number of ether oxygens (including phenoxy) is 1. The monoisotopic (exact) mass is 305 g/mol. The molecule has 2 amide bonds. The summed E-state index contributed by atoms with van der Waals surface area (Å²) >= 11 is 0. The maximum atomic E-state index is 11.7. The standard InChI is InChI=1S/C16H23N3O3/c1-16(2,3)22-15(21)18-12-7-5-11(6-8-12)13-9-17-14(20)10-19(13)4/h5-8,13H,9-10H2,1-4H3,(H,17,20)(H,18,21)/t13-/m1/s1. The van der Waals surface area contributed by atoms with Gasteiger partial charge in [0.2, 0.25) is 5.91 Å². The molecule has 0 radical (unpaired) electrons. The molecule has 1 fully saturated rings. The normalized spacial score (nSPS) is 19.5. The lowest BCUT2D eigenvalue weighted by molar-refractivity contribution is -0.125. The lowest BCUT2D eigenvalue weighted by Crippen LogP contribution is -2.47. The van der Waals surface area contributed by atoms with Gasteiger partial charge in [0.1, 0.15) is 5.60 Å². The number of carbonyl (C=O) groups excluding carboxylic acids is 2. The highest BCUT2D eigenvalue weighted by Crippen LogP contribution is 2.22. The lowest BCUT2D eigenvalue weighted by atomic mass is 10.0. The molecule has 2 N–H and O–H groups in total. The van der Waals surface area contributed by atoms with Crippen LogP contribution in [0.5, 0.6) is 0 Å². The van der Waals surface area contributed by atoms with E-state index in [2.05, 4.69) is 10.6 Å². The number of hydrogen-bond donors (Lipinski definition) is 2. The quantitative estimate of drug-likeness (QED) is 0.878. The van der Waals surface area contributed by atoms with Crippen LogP contribution >= 0.6 is 0 Å². The number of hydrogen-bond acceptors (Lipinski definition) is 4. The number of anilines is 1. The molecule has 0 unspecified atom stereocenters. The molecule has 0 aromatic heterocycles. The van der Waals surface area contributed by atoms with Gasteiger partial charge in [0, 0.05) is 12.2 Å². The summed E-state index contributed by atoms with van der Waals surface area (Å²) in [5, 5.41) is 5.57. The van der Waals surface area contributed by atoms with E-state index < -0.39 is 11.7 Å². The molecule has 6 nitrogen and oxygen atoms in total. The first kappa shape index (κ1) is 16.3. The van der Waals surface area contributed by atoms with E-state index in [-0.39, 0.29) is 11.9 Å². The van der Waals surface area contributed by atoms with Gasteiger partial charge < -0.3 is 10.1 Å². The average Bonchev–Trinajstić information content (AvgIpc) is 2.38. The number of carbonyl (C=O) groups is 2. The summed E-state index contributed by atoms with van der Waals surface area (Å²) in [5.74, 6) is 0.0435. The minimum atomic E-state index is -0.521. The van der Waals surface area contributed by atoms with Crippen molar-refractivity contribution in [1.82, 2.24) is 10.2 Å². The summed E-state index contributed by atoms with van der Waals surface area (Å²) < 4.78 is 5.21. The van der Waals surface area contributed by atoms with Crippen molar-refractivity contribution < 1.29 is 14.3 Å². The van der Waals surface area contributed by atoms with Gasteiger partial charge >= 0.3 is 6.09 Å². The largest absolute Gasteiger partial charge is 0.444 e. The number of rotatable bonds is 2. The molecule has 0 aliphatic carbocycles. The minimum Gasteiger partial charge on any atom is -0.444 e. The molecular formula is C16H23N3O3. The highest BCUT2D eigenvalue weighted by atomic mass is 16.6. The zero-order chi connectivity index (χ0) is 16.3. The van der Waals surface area contributed by atoms with Gasteiger partial charge in [0.15, 0.2) is 0 Å². The fraction of sp³-hybridized carbons (Fsp3) is 0.500. The third-order valence-electron chi connectivity index (χ3n) is 3.36. The van der Waals surface area contributed by atoms with Gasteiger partial charge in [-0.2, -0.15) is 0 Å². The molecule has 0 saturated carbocycles. The van der Waals surface area contributed by atoms with Crippen LogP contribution in [0.4, 0.5) is 10.5 Å². The number of nitrogens with one attached hydrogen (secondary N) is 2. The van der Waals surface area contributed by atoms with Gasteiger partial charge in [0.25, 0.3) is 0 Å². The number of amides is 2. The first-order chi connectivity index (χ1) is 10.2. The topological polar surface area (TPSA) is 70.7 Å². The zero-order valence-electron chi connectivity index (χ0n) is 13.5. The molecular weight excluding hydrogens is 282 g/mol. The second-order valence-corrected chi connectivity index (χ2v) is 6.48. The Hall–Kier alpha value is -2.08. The third-order valence-corrected chi connectivity index (χ3v) is 3.36. The van der Waals surface area contributed by atoms with E-state index in [1.807, 2.05) is 57.0 Å². The molecule has 0 bridgehead atoms. The van der Waals surface area contributed by atoms with Crippen molar-refractivity contribution in [2.75, 3.05) is 25.5 Å². The molecule has 120 valence electrons. The van der Waals surface area contributed by atoms with Crippen molar-refractivity contribution >= 4 is 17.7 Å². The predicted octanol–water partition coefficient (Wildman–Crippen LogP) is 2.14. The number of likely N-dealkylation sites (N-methyl/N-ethyl adjacent to an activating group) is 1. The first-order valence-corrected chi connectivity index (χ1v) is 7.31. The average molecular weight is 305 g/mol. The Morgan fingerprint density at radius 3 is 2.50 bits per heavy atom. The fourth-order valence-electron chi connectivity index (χ4n) is 2.34. The van der Waals surface area contributed by atoms with Gasteiger partial charge in [-0.15, -0.1) is 0 Å². The van der Waals surface area contributed by atoms with Crippen molar-refractivity contribution in [2.24, 2.45) is 0 Å². The Morgan fingerprint density at radius 1 is 1.32 bits per heavy atom. The van der Waals surface area contributed by atoms with Crippen LogP contribution in [0.3, 0.4) is 0 Å². The first-order valence-electron chi connectivity index (χ1n) is 7.31. The van der Waals surface area contributed by atoms with Gasteiger partial charge in [-0.1, -0.05) is 12.1 Å². The van der Waals surface area contributed by atoms with Crippen molar-refractivity contribution in [3.05, 3.63) is 29.8 Å². The van der Waals surface area contributed by atoms with E-state index in [1.54, 1.807) is 0 Å². The Morgan fingerprint density at radius 2 is 1.95 bits per heavy atom. The summed E-state index contributed by atoms with van der Waals surface area (Å²) in [7, 11) is 1.93. The Kier molecular flexibility index (Phi) is 4.71. The summed E-state index contributed by atoms with van der Waals surface area (Å²) in [6.07, 6.45) is -0.470. The second kappa shape index (κ2) is 6.36. The van der Waals surface area contributed by atoms with Crippen LogP contribution < -0.4 is 10.6 Å².